The van der Waals surface area contributed by atoms with Gasteiger partial charge >= 0.3 is 0 Å². The predicted octanol–water partition coefficient (Wildman–Crippen LogP) is 2.25. The van der Waals surface area contributed by atoms with Crippen molar-refractivity contribution < 1.29 is 4.92 Å². The zero-order valence-electron chi connectivity index (χ0n) is 11.4. The van der Waals surface area contributed by atoms with Crippen LogP contribution in [0.5, 0.6) is 0 Å². The highest BCUT2D eigenvalue weighted by Crippen LogP contribution is 2.25. The van der Waals surface area contributed by atoms with Crippen molar-refractivity contribution in [3.63, 3.8) is 0 Å². The van der Waals surface area contributed by atoms with Crippen LogP contribution in [-0.4, -0.2) is 20.9 Å². The summed E-state index contributed by atoms with van der Waals surface area (Å²) in [5, 5.41) is 10.9. The molecule has 0 radical (unpaired) electrons. The number of benzene rings is 1. The van der Waals surface area contributed by atoms with Gasteiger partial charge in [-0.3, -0.25) is 10.1 Å². The number of aryl methyl sites for hydroxylation is 1. The minimum Gasteiger partial charge on any atom is -0.328 e. The minimum atomic E-state index is -0.422. The molecule has 0 bridgehead atoms. The topological polar surface area (TPSA) is 94.9 Å². The molecule has 2 N–H and O–H groups in total. The summed E-state index contributed by atoms with van der Waals surface area (Å²) in [6.07, 6.45) is 2.29. The normalized spacial score (nSPS) is 12.2. The van der Waals surface area contributed by atoms with Crippen molar-refractivity contribution in [2.45, 2.75) is 26.3 Å². The van der Waals surface area contributed by atoms with E-state index < -0.39 is 4.92 Å². The molecular formula is C14H16N4O2. The Balaban J connectivity index is 2.45. The Bertz CT molecular complexity index is 641. The van der Waals surface area contributed by atoms with Gasteiger partial charge in [0.05, 0.1) is 4.92 Å². The molecule has 2 aromatic rings. The summed E-state index contributed by atoms with van der Waals surface area (Å²) in [4.78, 5) is 19.1. The van der Waals surface area contributed by atoms with Gasteiger partial charge < -0.3 is 5.73 Å². The minimum absolute atomic E-state index is 0.00366. The molecule has 6 heteroatoms. The number of nitro groups is 1. The third-order valence-electron chi connectivity index (χ3n) is 2.92. The standard InChI is InChI=1S/C14H16N4O2/c1-9-3-4-12(18(19)20)8-13(9)14-16-6-5-11(17-14)7-10(2)15/h3-6,8,10H,7,15H2,1-2H3. The van der Waals surface area contributed by atoms with E-state index in [2.05, 4.69) is 9.97 Å². The van der Waals surface area contributed by atoms with Gasteiger partial charge in [-0.2, -0.15) is 0 Å². The number of aromatic nitrogens is 2. The predicted molar refractivity (Wildman–Crippen MR) is 76.2 cm³/mol. The molecule has 1 unspecified atom stereocenters. The van der Waals surface area contributed by atoms with E-state index in [1.54, 1.807) is 18.3 Å². The molecule has 1 atom stereocenters. The van der Waals surface area contributed by atoms with Crippen LogP contribution in [0.1, 0.15) is 18.2 Å². The van der Waals surface area contributed by atoms with Crippen LogP contribution in [0.2, 0.25) is 0 Å². The summed E-state index contributed by atoms with van der Waals surface area (Å²) in [5.41, 5.74) is 8.19. The maximum atomic E-state index is 10.9. The Labute approximate surface area is 116 Å². The van der Waals surface area contributed by atoms with Crippen molar-refractivity contribution in [1.29, 1.82) is 0 Å². The fourth-order valence-electron chi connectivity index (χ4n) is 1.93. The summed E-state index contributed by atoms with van der Waals surface area (Å²) in [6, 6.07) is 6.49. The van der Waals surface area contributed by atoms with E-state index in [0.29, 0.717) is 17.8 Å². The number of nitro benzene ring substituents is 1. The maximum absolute atomic E-state index is 10.9. The summed E-state index contributed by atoms with van der Waals surface area (Å²) < 4.78 is 0. The molecule has 0 saturated heterocycles. The largest absolute Gasteiger partial charge is 0.328 e. The second-order valence-corrected chi connectivity index (χ2v) is 4.81. The number of hydrogen-bond donors (Lipinski definition) is 1. The van der Waals surface area contributed by atoms with Crippen molar-refractivity contribution in [2.24, 2.45) is 5.73 Å². The van der Waals surface area contributed by atoms with E-state index in [0.717, 1.165) is 11.3 Å². The van der Waals surface area contributed by atoms with Crippen LogP contribution in [0.15, 0.2) is 30.5 Å². The van der Waals surface area contributed by atoms with Crippen molar-refractivity contribution >= 4 is 5.69 Å². The number of nitrogens with zero attached hydrogens (tertiary/aromatic N) is 3. The molecular weight excluding hydrogens is 256 g/mol. The average molecular weight is 272 g/mol. The molecule has 0 saturated carbocycles. The fourth-order valence-corrected chi connectivity index (χ4v) is 1.93. The second kappa shape index (κ2) is 5.75. The first-order valence-electron chi connectivity index (χ1n) is 6.30. The molecule has 0 spiro atoms. The van der Waals surface area contributed by atoms with Gasteiger partial charge in [-0.05, 0) is 25.5 Å². The van der Waals surface area contributed by atoms with Gasteiger partial charge in [-0.25, -0.2) is 9.97 Å². The fraction of sp³-hybridized carbons (Fsp3) is 0.286. The van der Waals surface area contributed by atoms with E-state index >= 15 is 0 Å². The number of non-ortho nitro benzene ring substituents is 1. The number of nitrogens with two attached hydrogens (primary N) is 1. The molecule has 0 aliphatic rings. The highest BCUT2D eigenvalue weighted by molar-refractivity contribution is 5.63. The van der Waals surface area contributed by atoms with Crippen LogP contribution in [0, 0.1) is 17.0 Å². The van der Waals surface area contributed by atoms with Crippen molar-refractivity contribution in [3.05, 3.63) is 51.8 Å². The molecule has 0 amide bonds. The zero-order valence-corrected chi connectivity index (χ0v) is 11.4. The third-order valence-corrected chi connectivity index (χ3v) is 2.92. The monoisotopic (exact) mass is 272 g/mol. The van der Waals surface area contributed by atoms with Crippen LogP contribution in [0.4, 0.5) is 5.69 Å². The lowest BCUT2D eigenvalue weighted by atomic mass is 10.1. The van der Waals surface area contributed by atoms with Gasteiger partial charge in [0.15, 0.2) is 5.82 Å². The van der Waals surface area contributed by atoms with Crippen molar-refractivity contribution in [3.8, 4) is 11.4 Å². The van der Waals surface area contributed by atoms with Gasteiger partial charge in [0.25, 0.3) is 5.69 Å². The Morgan fingerprint density at radius 3 is 2.80 bits per heavy atom. The first kappa shape index (κ1) is 14.1. The summed E-state index contributed by atoms with van der Waals surface area (Å²) >= 11 is 0. The first-order valence-corrected chi connectivity index (χ1v) is 6.30. The first-order chi connectivity index (χ1) is 9.47. The second-order valence-electron chi connectivity index (χ2n) is 4.81. The lowest BCUT2D eigenvalue weighted by molar-refractivity contribution is -0.384. The highest BCUT2D eigenvalue weighted by Gasteiger charge is 2.12. The summed E-state index contributed by atoms with van der Waals surface area (Å²) in [5.74, 6) is 0.490. The van der Waals surface area contributed by atoms with Crippen LogP contribution in [0.25, 0.3) is 11.4 Å². The Morgan fingerprint density at radius 2 is 2.15 bits per heavy atom. The molecule has 2 rings (SSSR count). The molecule has 20 heavy (non-hydrogen) atoms. The van der Waals surface area contributed by atoms with Crippen molar-refractivity contribution in [2.75, 3.05) is 0 Å². The van der Waals surface area contributed by atoms with Crippen LogP contribution >= 0.6 is 0 Å². The molecule has 0 aliphatic carbocycles. The van der Waals surface area contributed by atoms with E-state index in [1.807, 2.05) is 13.8 Å². The molecule has 0 fully saturated rings. The lowest BCUT2D eigenvalue weighted by Crippen LogP contribution is -2.18. The smallest absolute Gasteiger partial charge is 0.270 e. The molecule has 1 heterocycles. The zero-order chi connectivity index (χ0) is 14.7. The van der Waals surface area contributed by atoms with Crippen LogP contribution in [-0.2, 0) is 6.42 Å². The van der Waals surface area contributed by atoms with Gasteiger partial charge in [0.1, 0.15) is 0 Å². The quantitative estimate of drug-likeness (QED) is 0.680. The summed E-state index contributed by atoms with van der Waals surface area (Å²) in [7, 11) is 0. The molecule has 104 valence electrons. The maximum Gasteiger partial charge on any atom is 0.270 e. The van der Waals surface area contributed by atoms with Gasteiger partial charge in [-0.1, -0.05) is 6.07 Å². The van der Waals surface area contributed by atoms with E-state index in [-0.39, 0.29) is 11.7 Å². The average Bonchev–Trinajstić information content (AvgIpc) is 2.38. The number of rotatable bonds is 4. The van der Waals surface area contributed by atoms with Gasteiger partial charge in [0.2, 0.25) is 0 Å². The van der Waals surface area contributed by atoms with Crippen LogP contribution in [0.3, 0.4) is 0 Å². The van der Waals surface area contributed by atoms with Gasteiger partial charge in [0, 0.05) is 42.0 Å². The van der Waals surface area contributed by atoms with E-state index in [4.69, 9.17) is 5.73 Å². The van der Waals surface area contributed by atoms with Gasteiger partial charge in [-0.15, -0.1) is 0 Å². The Morgan fingerprint density at radius 1 is 1.40 bits per heavy atom. The van der Waals surface area contributed by atoms with Crippen molar-refractivity contribution in [1.82, 2.24) is 9.97 Å². The summed E-state index contributed by atoms with van der Waals surface area (Å²) in [6.45, 7) is 3.78. The SMILES string of the molecule is Cc1ccc([N+](=O)[O-])cc1-c1nccc(CC(C)N)n1. The Kier molecular flexibility index (Phi) is 4.05. The molecule has 0 aliphatic heterocycles. The number of hydrogen-bond acceptors (Lipinski definition) is 5. The molecule has 1 aromatic heterocycles. The Hall–Kier alpha value is -2.34. The van der Waals surface area contributed by atoms with E-state index in [1.165, 1.54) is 12.1 Å². The molecule has 1 aromatic carbocycles. The van der Waals surface area contributed by atoms with Crippen LogP contribution < -0.4 is 5.73 Å². The molecule has 6 nitrogen and oxygen atoms in total. The third kappa shape index (κ3) is 3.16. The van der Waals surface area contributed by atoms with E-state index in [9.17, 15) is 10.1 Å². The highest BCUT2D eigenvalue weighted by atomic mass is 16.6. The lowest BCUT2D eigenvalue weighted by Gasteiger charge is -2.08.